The average Bonchev–Trinajstić information content (AvgIpc) is 3.29. The highest BCUT2D eigenvalue weighted by Crippen LogP contribution is 2.19. The zero-order valence-electron chi connectivity index (χ0n) is 15.9. The van der Waals surface area contributed by atoms with E-state index < -0.39 is 0 Å². The minimum absolute atomic E-state index is 0. The zero-order valence-corrected chi connectivity index (χ0v) is 19.0. The van der Waals surface area contributed by atoms with Gasteiger partial charge in [-0.25, -0.2) is 14.4 Å². The first-order valence-electron chi connectivity index (χ1n) is 8.91. The third-order valence-corrected chi connectivity index (χ3v) is 5.02. The molecular weight excluding hydrogens is 490 g/mol. The zero-order chi connectivity index (χ0) is 19.1. The van der Waals surface area contributed by atoms with E-state index in [1.807, 2.05) is 6.92 Å². The van der Waals surface area contributed by atoms with Crippen LogP contribution in [0.25, 0.3) is 11.5 Å². The fraction of sp³-hybridized carbons (Fsp3) is 0.300. The molecule has 0 unspecified atom stereocenters. The Morgan fingerprint density at radius 2 is 2.00 bits per heavy atom. The number of oxazole rings is 1. The standard InChI is InChI=1S/C20H23FN4OS.HI/c1-3-22-20(24-12-18-14(2)9-11-27-18)23-10-8-17-13-26-19(25-17)15-4-6-16(21)7-5-15;/h4-7,9,11,13H,3,8,10,12H2,1-2H3,(H2,22,23,24);1H. The summed E-state index contributed by atoms with van der Waals surface area (Å²) in [6.45, 7) is 6.29. The molecule has 0 aliphatic heterocycles. The molecule has 2 N–H and O–H groups in total. The van der Waals surface area contributed by atoms with Crippen molar-refractivity contribution in [3.8, 4) is 11.5 Å². The van der Waals surface area contributed by atoms with Crippen LogP contribution in [0.5, 0.6) is 0 Å². The average molecular weight is 514 g/mol. The molecule has 0 fully saturated rings. The van der Waals surface area contributed by atoms with Crippen LogP contribution < -0.4 is 10.6 Å². The summed E-state index contributed by atoms with van der Waals surface area (Å²) < 4.78 is 18.5. The van der Waals surface area contributed by atoms with E-state index in [0.29, 0.717) is 25.4 Å². The number of aliphatic imine (C=N–C) groups is 1. The summed E-state index contributed by atoms with van der Waals surface area (Å²) in [5, 5.41) is 8.66. The number of aryl methyl sites for hydroxylation is 1. The first-order valence-corrected chi connectivity index (χ1v) is 9.79. The molecule has 150 valence electrons. The van der Waals surface area contributed by atoms with Crippen molar-refractivity contribution in [2.75, 3.05) is 13.1 Å². The number of hydrogen-bond acceptors (Lipinski definition) is 4. The lowest BCUT2D eigenvalue weighted by Crippen LogP contribution is -2.38. The summed E-state index contributed by atoms with van der Waals surface area (Å²) in [6, 6.07) is 8.22. The highest BCUT2D eigenvalue weighted by Gasteiger charge is 2.07. The predicted octanol–water partition coefficient (Wildman–Crippen LogP) is 4.77. The van der Waals surface area contributed by atoms with Crippen LogP contribution in [0.15, 0.2) is 51.4 Å². The van der Waals surface area contributed by atoms with Crippen LogP contribution in [0, 0.1) is 12.7 Å². The number of thiophene rings is 1. The Labute approximate surface area is 185 Å². The molecule has 0 bridgehead atoms. The van der Waals surface area contributed by atoms with Gasteiger partial charge in [-0.2, -0.15) is 0 Å². The molecule has 0 atom stereocenters. The SMILES string of the molecule is CCNC(=NCc1sccc1C)NCCc1coc(-c2ccc(F)cc2)n1.I. The van der Waals surface area contributed by atoms with E-state index in [-0.39, 0.29) is 29.8 Å². The lowest BCUT2D eigenvalue weighted by molar-refractivity contribution is 0.571. The third kappa shape index (κ3) is 6.30. The molecule has 0 aliphatic rings. The molecule has 28 heavy (non-hydrogen) atoms. The van der Waals surface area contributed by atoms with E-state index >= 15 is 0 Å². The van der Waals surface area contributed by atoms with Crippen molar-refractivity contribution in [1.29, 1.82) is 0 Å². The molecule has 3 aromatic rings. The fourth-order valence-electron chi connectivity index (χ4n) is 2.51. The lowest BCUT2D eigenvalue weighted by Gasteiger charge is -2.10. The van der Waals surface area contributed by atoms with Crippen molar-refractivity contribution in [3.05, 3.63) is 63.9 Å². The van der Waals surface area contributed by atoms with E-state index in [9.17, 15) is 4.39 Å². The van der Waals surface area contributed by atoms with Crippen LogP contribution in [-0.4, -0.2) is 24.0 Å². The number of benzene rings is 1. The molecule has 0 radical (unpaired) electrons. The molecule has 0 aliphatic carbocycles. The van der Waals surface area contributed by atoms with Gasteiger partial charge in [0.25, 0.3) is 0 Å². The van der Waals surface area contributed by atoms with Crippen molar-refractivity contribution in [2.45, 2.75) is 26.8 Å². The van der Waals surface area contributed by atoms with Crippen molar-refractivity contribution in [2.24, 2.45) is 4.99 Å². The summed E-state index contributed by atoms with van der Waals surface area (Å²) >= 11 is 1.72. The Bertz CT molecular complexity index is 892. The van der Waals surface area contributed by atoms with Gasteiger partial charge in [-0.3, -0.25) is 0 Å². The van der Waals surface area contributed by atoms with Crippen LogP contribution in [0.4, 0.5) is 4.39 Å². The largest absolute Gasteiger partial charge is 0.444 e. The molecule has 8 heteroatoms. The molecule has 3 rings (SSSR count). The second-order valence-corrected chi connectivity index (χ2v) is 7.05. The lowest BCUT2D eigenvalue weighted by atomic mass is 10.2. The Balaban J connectivity index is 0.00000280. The first-order chi connectivity index (χ1) is 13.2. The van der Waals surface area contributed by atoms with Crippen LogP contribution >= 0.6 is 35.3 Å². The second-order valence-electron chi connectivity index (χ2n) is 6.05. The summed E-state index contributed by atoms with van der Waals surface area (Å²) in [5.74, 6) is 1.01. The van der Waals surface area contributed by atoms with Crippen molar-refractivity contribution < 1.29 is 8.81 Å². The van der Waals surface area contributed by atoms with Gasteiger partial charge in [-0.1, -0.05) is 0 Å². The highest BCUT2D eigenvalue weighted by molar-refractivity contribution is 14.0. The minimum Gasteiger partial charge on any atom is -0.444 e. The number of aromatic nitrogens is 1. The molecule has 2 heterocycles. The minimum atomic E-state index is -0.275. The van der Waals surface area contributed by atoms with E-state index in [4.69, 9.17) is 4.42 Å². The Morgan fingerprint density at radius 3 is 2.68 bits per heavy atom. The van der Waals surface area contributed by atoms with Gasteiger partial charge in [0.2, 0.25) is 5.89 Å². The third-order valence-electron chi connectivity index (χ3n) is 4.01. The van der Waals surface area contributed by atoms with E-state index in [1.165, 1.54) is 22.6 Å². The van der Waals surface area contributed by atoms with Gasteiger partial charge in [-0.15, -0.1) is 35.3 Å². The Hall–Kier alpha value is -1.94. The maximum atomic E-state index is 13.0. The Morgan fingerprint density at radius 1 is 1.21 bits per heavy atom. The molecule has 0 spiro atoms. The summed E-state index contributed by atoms with van der Waals surface area (Å²) in [4.78, 5) is 10.4. The maximum absolute atomic E-state index is 13.0. The summed E-state index contributed by atoms with van der Waals surface area (Å²) in [7, 11) is 0. The number of halogens is 2. The second kappa shape index (κ2) is 11.2. The normalized spacial score (nSPS) is 11.2. The summed E-state index contributed by atoms with van der Waals surface area (Å²) in [5.41, 5.74) is 2.87. The first kappa shape index (κ1) is 22.4. The molecule has 5 nitrogen and oxygen atoms in total. The van der Waals surface area contributed by atoms with Gasteiger partial charge in [0.1, 0.15) is 12.1 Å². The molecule has 1 aromatic carbocycles. The predicted molar refractivity (Wildman–Crippen MR) is 123 cm³/mol. The molecule has 0 amide bonds. The molecule has 2 aromatic heterocycles. The van der Waals surface area contributed by atoms with Crippen molar-refractivity contribution in [1.82, 2.24) is 15.6 Å². The van der Waals surface area contributed by atoms with Gasteiger partial charge in [0.05, 0.1) is 12.2 Å². The number of guanidine groups is 1. The Kier molecular flexibility index (Phi) is 8.91. The number of nitrogens with one attached hydrogen (secondary N) is 2. The van der Waals surface area contributed by atoms with Crippen LogP contribution in [0.2, 0.25) is 0 Å². The van der Waals surface area contributed by atoms with Gasteiger partial charge in [0, 0.05) is 30.0 Å². The van der Waals surface area contributed by atoms with Crippen LogP contribution in [0.3, 0.4) is 0 Å². The van der Waals surface area contributed by atoms with Crippen LogP contribution in [0.1, 0.15) is 23.1 Å². The molecule has 0 saturated carbocycles. The maximum Gasteiger partial charge on any atom is 0.226 e. The van der Waals surface area contributed by atoms with Crippen molar-refractivity contribution in [3.63, 3.8) is 0 Å². The van der Waals surface area contributed by atoms with Gasteiger partial charge >= 0.3 is 0 Å². The van der Waals surface area contributed by atoms with Gasteiger partial charge < -0.3 is 15.1 Å². The summed E-state index contributed by atoms with van der Waals surface area (Å²) in [6.07, 6.45) is 2.34. The van der Waals surface area contributed by atoms with Gasteiger partial charge in [0.15, 0.2) is 5.96 Å². The number of hydrogen-bond donors (Lipinski definition) is 2. The monoisotopic (exact) mass is 514 g/mol. The molecular formula is C20H24FIN4OS. The smallest absolute Gasteiger partial charge is 0.226 e. The van der Waals surface area contributed by atoms with E-state index in [0.717, 1.165) is 23.8 Å². The van der Waals surface area contributed by atoms with E-state index in [1.54, 1.807) is 29.7 Å². The van der Waals surface area contributed by atoms with E-state index in [2.05, 4.69) is 39.0 Å². The van der Waals surface area contributed by atoms with Crippen LogP contribution in [-0.2, 0) is 13.0 Å². The topological polar surface area (TPSA) is 62.5 Å². The number of nitrogens with zero attached hydrogens (tertiary/aromatic N) is 2. The van der Waals surface area contributed by atoms with Crippen molar-refractivity contribution >= 4 is 41.3 Å². The molecule has 0 saturated heterocycles. The quantitative estimate of drug-likeness (QED) is 0.271. The fourth-order valence-corrected chi connectivity index (χ4v) is 3.34. The highest BCUT2D eigenvalue weighted by atomic mass is 127. The van der Waals surface area contributed by atoms with Gasteiger partial charge in [-0.05, 0) is 55.1 Å². The number of rotatable bonds is 7.